The van der Waals surface area contributed by atoms with Gasteiger partial charge in [-0.2, -0.15) is 0 Å². The molecule has 122 valence electrons. The van der Waals surface area contributed by atoms with E-state index in [2.05, 4.69) is 15.9 Å². The fourth-order valence-electron chi connectivity index (χ4n) is 2.53. The van der Waals surface area contributed by atoms with E-state index in [1.54, 1.807) is 45.0 Å². The molecular formula is C16H20BrF2NO2. The van der Waals surface area contributed by atoms with E-state index in [4.69, 9.17) is 4.74 Å². The van der Waals surface area contributed by atoms with Gasteiger partial charge in [-0.3, -0.25) is 0 Å². The number of nitrogens with zero attached hydrogens (tertiary/aromatic N) is 1. The Morgan fingerprint density at radius 3 is 2.41 bits per heavy atom. The van der Waals surface area contributed by atoms with Crippen LogP contribution in [0, 0.1) is 0 Å². The molecule has 1 amide bonds. The zero-order valence-electron chi connectivity index (χ0n) is 12.9. The molecule has 6 heteroatoms. The van der Waals surface area contributed by atoms with Crippen molar-refractivity contribution >= 4 is 22.0 Å². The maximum atomic E-state index is 14.4. The largest absolute Gasteiger partial charge is 0.444 e. The fraction of sp³-hybridized carbons (Fsp3) is 0.562. The Kier molecular flexibility index (Phi) is 4.80. The lowest BCUT2D eigenvalue weighted by Crippen LogP contribution is -2.50. The first-order valence-electron chi connectivity index (χ1n) is 7.20. The van der Waals surface area contributed by atoms with E-state index in [9.17, 15) is 13.6 Å². The van der Waals surface area contributed by atoms with Crippen LogP contribution in [0.15, 0.2) is 28.7 Å². The van der Waals surface area contributed by atoms with E-state index in [0.29, 0.717) is 5.56 Å². The number of piperidine rings is 1. The smallest absolute Gasteiger partial charge is 0.410 e. The van der Waals surface area contributed by atoms with Crippen molar-refractivity contribution in [3.8, 4) is 0 Å². The summed E-state index contributed by atoms with van der Waals surface area (Å²) in [6.45, 7) is 4.82. The van der Waals surface area contributed by atoms with Crippen molar-refractivity contribution < 1.29 is 18.3 Å². The minimum absolute atomic E-state index is 0.216. The number of ether oxygens (including phenoxy) is 1. The predicted molar refractivity (Wildman–Crippen MR) is 84.3 cm³/mol. The Morgan fingerprint density at radius 2 is 1.91 bits per heavy atom. The molecular weight excluding hydrogens is 356 g/mol. The highest BCUT2D eigenvalue weighted by molar-refractivity contribution is 9.10. The molecule has 0 N–H and O–H groups in total. The molecule has 0 aromatic heterocycles. The average Bonchev–Trinajstić information content (AvgIpc) is 2.37. The van der Waals surface area contributed by atoms with Crippen LogP contribution in [0.25, 0.3) is 0 Å². The number of rotatable bonds is 1. The molecule has 22 heavy (non-hydrogen) atoms. The van der Waals surface area contributed by atoms with Crippen LogP contribution in [0.1, 0.15) is 38.7 Å². The third kappa shape index (κ3) is 4.18. The number of likely N-dealkylation sites (tertiary alicyclic amines) is 1. The van der Waals surface area contributed by atoms with Gasteiger partial charge in [0.05, 0.1) is 12.5 Å². The lowest BCUT2D eigenvalue weighted by atomic mass is 9.86. The van der Waals surface area contributed by atoms with Crippen molar-refractivity contribution in [2.24, 2.45) is 0 Å². The van der Waals surface area contributed by atoms with Crippen LogP contribution < -0.4 is 0 Å². The summed E-state index contributed by atoms with van der Waals surface area (Å²) in [5.41, 5.74) is -0.0911. The number of alkyl halides is 2. The molecule has 0 radical (unpaired) electrons. The monoisotopic (exact) mass is 375 g/mol. The summed E-state index contributed by atoms with van der Waals surface area (Å²) in [5.74, 6) is -3.84. The minimum atomic E-state index is -2.97. The van der Waals surface area contributed by atoms with Gasteiger partial charge in [-0.25, -0.2) is 13.6 Å². The molecule has 0 spiro atoms. The number of carbonyl (C=O) groups is 1. The highest BCUT2D eigenvalue weighted by Crippen LogP contribution is 2.40. The van der Waals surface area contributed by atoms with Gasteiger partial charge in [0.2, 0.25) is 0 Å². The van der Waals surface area contributed by atoms with Gasteiger partial charge in [0.15, 0.2) is 0 Å². The molecule has 3 nitrogen and oxygen atoms in total. The van der Waals surface area contributed by atoms with E-state index in [1.165, 1.54) is 0 Å². The standard InChI is InChI=1S/C16H20BrF2NO2/c1-15(2,3)22-14(21)20-9-8-13(16(18,19)10-20)11-4-6-12(17)7-5-11/h4-7,13H,8-10H2,1-3H3/t13-/m0/s1. The van der Waals surface area contributed by atoms with Gasteiger partial charge in [0.25, 0.3) is 5.92 Å². The molecule has 1 heterocycles. The highest BCUT2D eigenvalue weighted by atomic mass is 79.9. The lowest BCUT2D eigenvalue weighted by molar-refractivity contribution is -0.0848. The van der Waals surface area contributed by atoms with Gasteiger partial charge >= 0.3 is 6.09 Å². The topological polar surface area (TPSA) is 29.5 Å². The summed E-state index contributed by atoms with van der Waals surface area (Å²) in [6, 6.07) is 6.91. The molecule has 1 aromatic carbocycles. The van der Waals surface area contributed by atoms with Crippen LogP contribution in [0.2, 0.25) is 0 Å². The van der Waals surface area contributed by atoms with Crippen molar-refractivity contribution in [2.75, 3.05) is 13.1 Å². The van der Waals surface area contributed by atoms with Crippen molar-refractivity contribution in [3.63, 3.8) is 0 Å². The molecule has 0 unspecified atom stereocenters. The normalized spacial score (nSPS) is 21.5. The van der Waals surface area contributed by atoms with Crippen LogP contribution in [-0.4, -0.2) is 35.6 Å². The van der Waals surface area contributed by atoms with Crippen molar-refractivity contribution in [3.05, 3.63) is 34.3 Å². The van der Waals surface area contributed by atoms with Crippen molar-refractivity contribution in [1.29, 1.82) is 0 Å². The molecule has 1 atom stereocenters. The quantitative estimate of drug-likeness (QED) is 0.704. The van der Waals surface area contributed by atoms with Crippen LogP contribution in [0.4, 0.5) is 13.6 Å². The van der Waals surface area contributed by atoms with Crippen molar-refractivity contribution in [1.82, 2.24) is 4.90 Å². The third-order valence-electron chi connectivity index (χ3n) is 3.52. The van der Waals surface area contributed by atoms with Gasteiger partial charge in [-0.1, -0.05) is 28.1 Å². The zero-order chi connectivity index (χ0) is 16.5. The first-order chi connectivity index (χ1) is 10.1. The number of benzene rings is 1. The summed E-state index contributed by atoms with van der Waals surface area (Å²) in [6.07, 6.45) is -0.463. The van der Waals surface area contributed by atoms with E-state index < -0.39 is 30.1 Å². The first kappa shape index (κ1) is 17.2. The molecule has 1 aliphatic heterocycles. The van der Waals surface area contributed by atoms with Crippen molar-refractivity contribution in [2.45, 2.75) is 44.6 Å². The molecule has 0 saturated carbocycles. The Morgan fingerprint density at radius 1 is 1.32 bits per heavy atom. The number of hydrogen-bond acceptors (Lipinski definition) is 2. The number of carbonyl (C=O) groups excluding carboxylic acids is 1. The molecule has 1 fully saturated rings. The molecule has 0 bridgehead atoms. The Balaban J connectivity index is 2.09. The summed E-state index contributed by atoms with van der Waals surface area (Å²) in [4.78, 5) is 13.1. The molecule has 1 saturated heterocycles. The van der Waals surface area contributed by atoms with Gasteiger partial charge in [-0.15, -0.1) is 0 Å². The zero-order valence-corrected chi connectivity index (χ0v) is 14.5. The van der Waals surface area contributed by atoms with Gasteiger partial charge in [-0.05, 0) is 44.9 Å². The maximum Gasteiger partial charge on any atom is 0.410 e. The number of amides is 1. The van der Waals surface area contributed by atoms with Crippen LogP contribution in [0.3, 0.4) is 0 Å². The summed E-state index contributed by atoms with van der Waals surface area (Å²) in [5, 5.41) is 0. The highest BCUT2D eigenvalue weighted by Gasteiger charge is 2.47. The second kappa shape index (κ2) is 6.14. The third-order valence-corrected chi connectivity index (χ3v) is 4.05. The second-order valence-electron chi connectivity index (χ2n) is 6.56. The molecule has 1 aromatic rings. The average molecular weight is 376 g/mol. The Labute approximate surface area is 137 Å². The first-order valence-corrected chi connectivity index (χ1v) is 7.99. The van der Waals surface area contributed by atoms with E-state index in [1.807, 2.05) is 0 Å². The number of hydrogen-bond donors (Lipinski definition) is 0. The van der Waals surface area contributed by atoms with E-state index >= 15 is 0 Å². The fourth-order valence-corrected chi connectivity index (χ4v) is 2.79. The van der Waals surface area contributed by atoms with Gasteiger partial charge in [0.1, 0.15) is 5.60 Å². The minimum Gasteiger partial charge on any atom is -0.444 e. The van der Waals surface area contributed by atoms with Gasteiger partial charge in [0, 0.05) is 11.0 Å². The van der Waals surface area contributed by atoms with E-state index in [0.717, 1.165) is 9.37 Å². The van der Waals surface area contributed by atoms with Crippen LogP contribution in [-0.2, 0) is 4.74 Å². The Bertz CT molecular complexity index is 540. The Hall–Kier alpha value is -1.17. The number of halogens is 3. The van der Waals surface area contributed by atoms with Crippen LogP contribution >= 0.6 is 15.9 Å². The summed E-state index contributed by atoms with van der Waals surface area (Å²) in [7, 11) is 0. The van der Waals surface area contributed by atoms with Crippen LogP contribution in [0.5, 0.6) is 0 Å². The summed E-state index contributed by atoms with van der Waals surface area (Å²) < 4.78 is 34.9. The maximum absolute atomic E-state index is 14.4. The summed E-state index contributed by atoms with van der Waals surface area (Å²) >= 11 is 3.30. The second-order valence-corrected chi connectivity index (χ2v) is 7.47. The molecule has 0 aliphatic carbocycles. The molecule has 1 aliphatic rings. The predicted octanol–water partition coefficient (Wildman–Crippen LogP) is 4.81. The van der Waals surface area contributed by atoms with E-state index in [-0.39, 0.29) is 13.0 Å². The van der Waals surface area contributed by atoms with Gasteiger partial charge < -0.3 is 9.64 Å². The lowest BCUT2D eigenvalue weighted by Gasteiger charge is -2.39. The molecule has 2 rings (SSSR count). The SMILES string of the molecule is CC(C)(C)OC(=O)N1CC[C@@H](c2ccc(Br)cc2)C(F)(F)C1.